The number of likely N-dealkylation sites (tertiary alicyclic amines) is 1. The van der Waals surface area contributed by atoms with Crippen molar-refractivity contribution in [3.63, 3.8) is 0 Å². The Morgan fingerprint density at radius 3 is 2.54 bits per heavy atom. The van der Waals surface area contributed by atoms with Crippen molar-refractivity contribution in [3.05, 3.63) is 46.5 Å². The lowest BCUT2D eigenvalue weighted by Crippen LogP contribution is -2.38. The molecular weight excluding hydrogens is 370 g/mol. The van der Waals surface area contributed by atoms with E-state index in [1.807, 2.05) is 11.0 Å². The summed E-state index contributed by atoms with van der Waals surface area (Å²) in [7, 11) is -3.40. The van der Waals surface area contributed by atoms with Crippen LogP contribution >= 0.6 is 11.3 Å². The van der Waals surface area contributed by atoms with Crippen molar-refractivity contribution in [2.75, 3.05) is 24.1 Å². The zero-order valence-electron chi connectivity index (χ0n) is 14.9. The minimum atomic E-state index is -3.40. The van der Waals surface area contributed by atoms with E-state index in [4.69, 9.17) is 0 Å². The first-order valence-corrected chi connectivity index (χ1v) is 11.3. The van der Waals surface area contributed by atoms with Crippen LogP contribution in [0, 0.1) is 12.8 Å². The first-order chi connectivity index (χ1) is 12.3. The van der Waals surface area contributed by atoms with Gasteiger partial charge in [0.15, 0.2) is 5.13 Å². The molecule has 2 aromatic rings. The lowest BCUT2D eigenvalue weighted by atomic mass is 9.90. The van der Waals surface area contributed by atoms with Gasteiger partial charge >= 0.3 is 0 Å². The molecule has 0 spiro atoms. The van der Waals surface area contributed by atoms with Crippen LogP contribution in [-0.4, -0.2) is 43.6 Å². The number of sulfonamides is 1. The lowest BCUT2D eigenvalue weighted by molar-refractivity contribution is 0.0694. The average Bonchev–Trinajstić information content (AvgIpc) is 2.94. The number of anilines is 1. The number of carbonyl (C=O) groups is 1. The van der Waals surface area contributed by atoms with Crippen molar-refractivity contribution in [2.24, 2.45) is 5.92 Å². The van der Waals surface area contributed by atoms with Gasteiger partial charge in [-0.3, -0.25) is 9.52 Å². The van der Waals surface area contributed by atoms with Crippen molar-refractivity contribution in [1.82, 2.24) is 9.88 Å². The number of thiazole rings is 1. The Hall–Kier alpha value is -1.93. The largest absolute Gasteiger partial charge is 0.338 e. The molecule has 0 bridgehead atoms. The summed E-state index contributed by atoms with van der Waals surface area (Å²) in [5.74, 6) is 0.534. The molecule has 1 amide bonds. The molecular formula is C18H23N3O3S2. The highest BCUT2D eigenvalue weighted by atomic mass is 32.2. The average molecular weight is 394 g/mol. The summed E-state index contributed by atoms with van der Waals surface area (Å²) in [6.45, 7) is 3.18. The van der Waals surface area contributed by atoms with E-state index in [1.54, 1.807) is 6.92 Å². The Labute approximate surface area is 158 Å². The molecule has 0 radical (unpaired) electrons. The third-order valence-electron chi connectivity index (χ3n) is 4.53. The maximum absolute atomic E-state index is 12.8. The molecule has 0 atom stereocenters. The van der Waals surface area contributed by atoms with Crippen LogP contribution in [0.5, 0.6) is 0 Å². The first-order valence-electron chi connectivity index (χ1n) is 8.60. The van der Waals surface area contributed by atoms with E-state index < -0.39 is 10.0 Å². The normalized spacial score (nSPS) is 15.8. The van der Waals surface area contributed by atoms with Gasteiger partial charge in [-0.05, 0) is 37.7 Å². The summed E-state index contributed by atoms with van der Waals surface area (Å²) >= 11 is 1.10. The molecule has 1 aliphatic heterocycles. The zero-order valence-corrected chi connectivity index (χ0v) is 16.6. The fourth-order valence-corrected chi connectivity index (χ4v) is 5.00. The number of hydrogen-bond acceptors (Lipinski definition) is 5. The van der Waals surface area contributed by atoms with Gasteiger partial charge in [0, 0.05) is 13.1 Å². The number of carbonyl (C=O) groups excluding carboxylic acids is 1. The molecule has 140 valence electrons. The molecule has 6 nitrogen and oxygen atoms in total. The van der Waals surface area contributed by atoms with Crippen molar-refractivity contribution in [2.45, 2.75) is 26.2 Å². The van der Waals surface area contributed by atoms with Gasteiger partial charge in [0.25, 0.3) is 5.91 Å². The number of aromatic nitrogens is 1. The van der Waals surface area contributed by atoms with Crippen LogP contribution in [0.15, 0.2) is 30.3 Å². The topological polar surface area (TPSA) is 79.4 Å². The van der Waals surface area contributed by atoms with E-state index in [9.17, 15) is 13.2 Å². The second-order valence-electron chi connectivity index (χ2n) is 6.73. The van der Waals surface area contributed by atoms with E-state index >= 15 is 0 Å². The van der Waals surface area contributed by atoms with Crippen LogP contribution in [0.25, 0.3) is 0 Å². The van der Waals surface area contributed by atoms with Crippen LogP contribution in [0.4, 0.5) is 5.13 Å². The van der Waals surface area contributed by atoms with E-state index in [2.05, 4.69) is 34.0 Å². The van der Waals surface area contributed by atoms with E-state index in [1.165, 1.54) is 5.56 Å². The Kier molecular flexibility index (Phi) is 5.62. The number of aryl methyl sites for hydroxylation is 1. The first kappa shape index (κ1) is 18.8. The van der Waals surface area contributed by atoms with Crippen molar-refractivity contribution in [3.8, 4) is 0 Å². The van der Waals surface area contributed by atoms with Crippen LogP contribution in [-0.2, 0) is 16.4 Å². The molecule has 1 N–H and O–H groups in total. The molecule has 8 heteroatoms. The van der Waals surface area contributed by atoms with Crippen molar-refractivity contribution in [1.29, 1.82) is 0 Å². The number of rotatable bonds is 5. The summed E-state index contributed by atoms with van der Waals surface area (Å²) in [5.41, 5.74) is 1.91. The maximum atomic E-state index is 12.8. The van der Waals surface area contributed by atoms with Gasteiger partial charge in [0.05, 0.1) is 11.9 Å². The predicted molar refractivity (Wildman–Crippen MR) is 104 cm³/mol. The number of amides is 1. The maximum Gasteiger partial charge on any atom is 0.265 e. The summed E-state index contributed by atoms with van der Waals surface area (Å²) in [4.78, 5) is 19.3. The molecule has 1 saturated heterocycles. The highest BCUT2D eigenvalue weighted by Crippen LogP contribution is 2.27. The molecule has 1 aromatic carbocycles. The standard InChI is InChI=1S/C18H23N3O3S2/c1-13-16(25-18(19-13)20-26(2,23)24)17(22)21-10-8-15(9-11-21)12-14-6-4-3-5-7-14/h3-7,15H,8-12H2,1-2H3,(H,19,20). The molecule has 0 unspecified atom stereocenters. The summed E-state index contributed by atoms with van der Waals surface area (Å²) in [6.07, 6.45) is 4.08. The van der Waals surface area contributed by atoms with Crippen LogP contribution < -0.4 is 4.72 Å². The van der Waals surface area contributed by atoms with Gasteiger partial charge in [-0.1, -0.05) is 41.7 Å². The van der Waals surface area contributed by atoms with E-state index in [-0.39, 0.29) is 11.0 Å². The number of nitrogens with one attached hydrogen (secondary N) is 1. The molecule has 1 aliphatic rings. The zero-order chi connectivity index (χ0) is 18.7. The van der Waals surface area contributed by atoms with Gasteiger partial charge in [-0.2, -0.15) is 0 Å². The molecule has 1 aromatic heterocycles. The quantitative estimate of drug-likeness (QED) is 0.847. The molecule has 0 saturated carbocycles. The minimum Gasteiger partial charge on any atom is -0.338 e. The van der Waals surface area contributed by atoms with Gasteiger partial charge in [0.2, 0.25) is 10.0 Å². The Balaban J connectivity index is 1.60. The Morgan fingerprint density at radius 2 is 1.92 bits per heavy atom. The van der Waals surface area contributed by atoms with E-state index in [0.29, 0.717) is 16.5 Å². The lowest BCUT2D eigenvalue weighted by Gasteiger charge is -2.32. The molecule has 3 rings (SSSR count). The monoisotopic (exact) mass is 393 g/mol. The van der Waals surface area contributed by atoms with Crippen LogP contribution in [0.1, 0.15) is 33.8 Å². The van der Waals surface area contributed by atoms with Crippen molar-refractivity contribution < 1.29 is 13.2 Å². The van der Waals surface area contributed by atoms with Gasteiger partial charge in [-0.15, -0.1) is 0 Å². The third kappa shape index (κ3) is 4.82. The summed E-state index contributed by atoms with van der Waals surface area (Å²) in [5, 5.41) is 0.243. The highest BCUT2D eigenvalue weighted by molar-refractivity contribution is 7.92. The second kappa shape index (κ2) is 7.75. The van der Waals surface area contributed by atoms with E-state index in [0.717, 1.165) is 49.9 Å². The smallest absolute Gasteiger partial charge is 0.265 e. The number of benzene rings is 1. The predicted octanol–water partition coefficient (Wildman–Crippen LogP) is 2.92. The highest BCUT2D eigenvalue weighted by Gasteiger charge is 2.26. The fourth-order valence-electron chi connectivity index (χ4n) is 3.23. The summed E-state index contributed by atoms with van der Waals surface area (Å²) in [6, 6.07) is 10.4. The molecule has 0 aliphatic carbocycles. The van der Waals surface area contributed by atoms with Crippen LogP contribution in [0.3, 0.4) is 0 Å². The Morgan fingerprint density at radius 1 is 1.27 bits per heavy atom. The number of nitrogens with zero attached hydrogens (tertiary/aromatic N) is 2. The van der Waals surface area contributed by atoms with Gasteiger partial charge in [-0.25, -0.2) is 13.4 Å². The Bertz CT molecular complexity index is 870. The van der Waals surface area contributed by atoms with Crippen molar-refractivity contribution >= 4 is 32.4 Å². The number of piperidine rings is 1. The van der Waals surface area contributed by atoms with Crippen LogP contribution in [0.2, 0.25) is 0 Å². The molecule has 2 heterocycles. The minimum absolute atomic E-state index is 0.0558. The SMILES string of the molecule is Cc1nc(NS(C)(=O)=O)sc1C(=O)N1CCC(Cc2ccccc2)CC1. The fraction of sp³-hybridized carbons (Fsp3) is 0.444. The van der Waals surface area contributed by atoms with Gasteiger partial charge < -0.3 is 4.90 Å². The second-order valence-corrected chi connectivity index (χ2v) is 9.48. The summed E-state index contributed by atoms with van der Waals surface area (Å²) < 4.78 is 25.0. The number of hydrogen-bond donors (Lipinski definition) is 1. The molecule has 26 heavy (non-hydrogen) atoms. The van der Waals surface area contributed by atoms with Gasteiger partial charge in [0.1, 0.15) is 4.88 Å². The third-order valence-corrected chi connectivity index (χ3v) is 6.29. The molecule has 1 fully saturated rings.